The molecule has 0 atom stereocenters. The first kappa shape index (κ1) is 23.6. The smallest absolute Gasteiger partial charge is 0 e. The summed E-state index contributed by atoms with van der Waals surface area (Å²) in [6.07, 6.45) is 0. The minimum atomic E-state index is 0. The average Bonchev–Trinajstić information content (AvgIpc) is 0. The Morgan fingerprint density at radius 2 is 0.500 bits per heavy atom. The summed E-state index contributed by atoms with van der Waals surface area (Å²) in [5.41, 5.74) is 0. The molecule has 12 valence electrons. The normalized spacial score (nSPS) is 0. The molecule has 0 aromatic carbocycles. The van der Waals surface area contributed by atoms with Crippen LogP contribution in [0.15, 0.2) is 0 Å². The van der Waals surface area contributed by atoms with Crippen molar-refractivity contribution in [2.75, 3.05) is 0 Å². The van der Waals surface area contributed by atoms with Gasteiger partial charge in [0.2, 0.25) is 0 Å². The van der Waals surface area contributed by atoms with E-state index in [1.165, 1.54) is 0 Å². The van der Waals surface area contributed by atoms with Crippen LogP contribution in [0.2, 0.25) is 0 Å². The molecule has 0 saturated heterocycles. The van der Waals surface area contributed by atoms with E-state index >= 15 is 0 Å². The van der Waals surface area contributed by atoms with E-state index in [1.54, 1.807) is 0 Å². The third-order valence-corrected chi connectivity index (χ3v) is 0. The first-order valence-electron chi connectivity index (χ1n) is 0. The molecule has 0 aromatic rings. The molecule has 4 heavy (non-hydrogen) atoms. The minimum absolute atomic E-state index is 0. The number of hydrogen-bond donors (Lipinski definition) is 0. The van der Waals surface area contributed by atoms with Crippen LogP contribution >= 0.6 is 0 Å². The van der Waals surface area contributed by atoms with Crippen LogP contribution in [0.4, 0.5) is 0 Å². The Kier molecular flexibility index (Phi) is 92.3. The molecule has 4 radical (unpaired) electrons. The van der Waals surface area contributed by atoms with Crippen molar-refractivity contribution in [3.05, 3.63) is 0 Å². The van der Waals surface area contributed by atoms with Gasteiger partial charge in [0, 0.05) is 134 Å². The molecular formula is La3Tl. The predicted octanol–water partition coefficient (Wildman–Crippen LogP) is -0.381. The largest absolute Gasteiger partial charge is 0 e. The molecule has 0 saturated carbocycles. The molecule has 0 unspecified atom stereocenters. The maximum absolute atomic E-state index is 0. The molecule has 0 fully saturated rings. The first-order chi connectivity index (χ1) is 0. The maximum atomic E-state index is 0. The van der Waals surface area contributed by atoms with Crippen LogP contribution < -0.4 is 0 Å². The molecule has 4 heteroatoms. The fourth-order valence-electron chi connectivity index (χ4n) is 0. The van der Waals surface area contributed by atoms with Crippen molar-refractivity contribution in [2.45, 2.75) is 0 Å². The van der Waals surface area contributed by atoms with Crippen LogP contribution in [-0.2, 0) is 0 Å². The summed E-state index contributed by atoms with van der Waals surface area (Å²) in [7, 11) is 0. The average molecular weight is 621 g/mol. The van der Waals surface area contributed by atoms with Gasteiger partial charge in [-0.05, 0) is 0 Å². The van der Waals surface area contributed by atoms with Crippen molar-refractivity contribution in [1.29, 1.82) is 0 Å². The molecule has 0 bridgehead atoms. The van der Waals surface area contributed by atoms with Crippen LogP contribution in [0.3, 0.4) is 0 Å². The van der Waals surface area contributed by atoms with Gasteiger partial charge < -0.3 is 0 Å². The second-order valence-corrected chi connectivity index (χ2v) is 0. The second kappa shape index (κ2) is 15.6. The Balaban J connectivity index is 0. The number of rotatable bonds is 0. The van der Waals surface area contributed by atoms with Gasteiger partial charge in [-0.15, -0.1) is 0 Å². The van der Waals surface area contributed by atoms with Crippen LogP contribution in [0, 0.1) is 107 Å². The van der Waals surface area contributed by atoms with Crippen LogP contribution in [0.5, 0.6) is 0 Å². The molecule has 0 spiro atoms. The molecule has 0 amide bonds. The molecular weight excluding hydrogens is 621 g/mol. The Hall–Kier alpha value is 4.51. The molecule has 0 aromatic heterocycles. The van der Waals surface area contributed by atoms with E-state index in [0.29, 0.717) is 0 Å². The van der Waals surface area contributed by atoms with Crippen LogP contribution in [-0.4, -0.2) is 27.3 Å². The first-order valence-corrected chi connectivity index (χ1v) is 0. The van der Waals surface area contributed by atoms with Crippen molar-refractivity contribution >= 4 is 27.3 Å². The van der Waals surface area contributed by atoms with Crippen LogP contribution in [0.1, 0.15) is 0 Å². The third-order valence-electron chi connectivity index (χ3n) is 0. The zero-order valence-electron chi connectivity index (χ0n) is 2.31. The van der Waals surface area contributed by atoms with Crippen molar-refractivity contribution in [2.24, 2.45) is 0 Å². The van der Waals surface area contributed by atoms with Gasteiger partial charge in [-0.3, -0.25) is 0 Å². The Labute approximate surface area is 130 Å². The molecule has 0 aliphatic heterocycles. The van der Waals surface area contributed by atoms with E-state index in [-0.39, 0.29) is 134 Å². The molecule has 0 N–H and O–H groups in total. The van der Waals surface area contributed by atoms with Gasteiger partial charge >= 0.3 is 0 Å². The Morgan fingerprint density at radius 3 is 0.500 bits per heavy atom. The van der Waals surface area contributed by atoms with Gasteiger partial charge in [0.25, 0.3) is 0 Å². The van der Waals surface area contributed by atoms with Crippen molar-refractivity contribution in [3.8, 4) is 0 Å². The van der Waals surface area contributed by atoms with E-state index in [9.17, 15) is 0 Å². The van der Waals surface area contributed by atoms with Gasteiger partial charge in [-0.1, -0.05) is 0 Å². The third kappa shape index (κ3) is 9.71. The summed E-state index contributed by atoms with van der Waals surface area (Å²) >= 11 is 0. The van der Waals surface area contributed by atoms with Gasteiger partial charge in [0.1, 0.15) is 0 Å². The second-order valence-electron chi connectivity index (χ2n) is 0. The zero-order valence-corrected chi connectivity index (χ0v) is 17.7. The fourth-order valence-corrected chi connectivity index (χ4v) is 0. The van der Waals surface area contributed by atoms with Crippen molar-refractivity contribution in [1.82, 2.24) is 0 Å². The van der Waals surface area contributed by atoms with E-state index < -0.39 is 0 Å². The van der Waals surface area contributed by atoms with Gasteiger partial charge in [0.15, 0.2) is 0 Å². The van der Waals surface area contributed by atoms with Gasteiger partial charge in [0.05, 0.1) is 0 Å². The molecule has 0 heterocycles. The quantitative estimate of drug-likeness (QED) is 0.324. The summed E-state index contributed by atoms with van der Waals surface area (Å²) in [5.74, 6) is 0. The molecule has 0 aliphatic carbocycles. The van der Waals surface area contributed by atoms with Gasteiger partial charge in [-0.25, -0.2) is 0 Å². The number of hydrogen-bond acceptors (Lipinski definition) is 0. The van der Waals surface area contributed by atoms with Gasteiger partial charge in [-0.2, -0.15) is 0 Å². The molecule has 0 nitrogen and oxygen atoms in total. The SMILES string of the molecule is [La].[La].[La].[Tl]. The summed E-state index contributed by atoms with van der Waals surface area (Å²) < 4.78 is 0. The zero-order chi connectivity index (χ0) is 0. The Bertz CT molecular complexity index is 3.25. The standard InChI is InChI=1S/3La.Tl. The van der Waals surface area contributed by atoms with Crippen molar-refractivity contribution in [3.63, 3.8) is 0 Å². The summed E-state index contributed by atoms with van der Waals surface area (Å²) in [5, 5.41) is 0. The topological polar surface area (TPSA) is 0 Å². The summed E-state index contributed by atoms with van der Waals surface area (Å²) in [4.78, 5) is 0. The predicted molar refractivity (Wildman–Crippen MR) is 5.75 cm³/mol. The van der Waals surface area contributed by atoms with E-state index in [4.69, 9.17) is 0 Å². The monoisotopic (exact) mass is 622 g/mol. The fraction of sp³-hybridized carbons (Fsp3) is 0. The summed E-state index contributed by atoms with van der Waals surface area (Å²) in [6.45, 7) is 0. The molecule has 0 aliphatic rings. The van der Waals surface area contributed by atoms with E-state index in [0.717, 1.165) is 0 Å². The van der Waals surface area contributed by atoms with Crippen LogP contribution in [0.25, 0.3) is 0 Å². The maximum Gasteiger partial charge on any atom is 0 e. The van der Waals surface area contributed by atoms with E-state index in [2.05, 4.69) is 0 Å². The van der Waals surface area contributed by atoms with Crippen molar-refractivity contribution < 1.29 is 107 Å². The Morgan fingerprint density at radius 1 is 0.500 bits per heavy atom. The minimum Gasteiger partial charge on any atom is 0 e. The summed E-state index contributed by atoms with van der Waals surface area (Å²) in [6, 6.07) is 0. The van der Waals surface area contributed by atoms with E-state index in [1.807, 2.05) is 0 Å². The molecule has 0 rings (SSSR count).